The van der Waals surface area contributed by atoms with E-state index >= 15 is 0 Å². The monoisotopic (exact) mass is 452 g/mol. The van der Waals surface area contributed by atoms with Gasteiger partial charge in [-0.2, -0.15) is 0 Å². The largest absolute Gasteiger partial charge is 0.497 e. The predicted octanol–water partition coefficient (Wildman–Crippen LogP) is 6.36. The van der Waals surface area contributed by atoms with Crippen LogP contribution in [0.2, 0.25) is 0 Å². The van der Waals surface area contributed by atoms with Crippen LogP contribution in [0.1, 0.15) is 28.7 Å². The lowest BCUT2D eigenvalue weighted by Crippen LogP contribution is -2.43. The van der Waals surface area contributed by atoms with E-state index < -0.39 is 11.9 Å². The first kappa shape index (κ1) is 22.1. The molecule has 0 N–H and O–H groups in total. The first-order valence-electron chi connectivity index (χ1n) is 11.5. The third kappa shape index (κ3) is 4.02. The van der Waals surface area contributed by atoms with Gasteiger partial charge in [-0.25, -0.2) is 0 Å². The van der Waals surface area contributed by atoms with Crippen LogP contribution in [0.15, 0.2) is 103 Å². The van der Waals surface area contributed by atoms with Crippen molar-refractivity contribution in [2.24, 2.45) is 0 Å². The van der Waals surface area contributed by atoms with E-state index in [2.05, 4.69) is 48.5 Å². The maximum atomic E-state index is 6.96. The van der Waals surface area contributed by atoms with Gasteiger partial charge in [-0.3, -0.25) is 0 Å². The number of hydrogen-bond acceptors (Lipinski definition) is 4. The van der Waals surface area contributed by atoms with E-state index in [9.17, 15) is 0 Å². The second-order valence-corrected chi connectivity index (χ2v) is 8.31. The molecular formula is C30H28O4. The van der Waals surface area contributed by atoms with E-state index in [4.69, 9.17) is 18.9 Å². The normalized spacial score (nSPS) is 16.2. The molecule has 4 nitrogen and oxygen atoms in total. The fraction of sp³-hybridized carbons (Fsp3) is 0.200. The van der Waals surface area contributed by atoms with E-state index in [0.29, 0.717) is 23.7 Å². The maximum Gasteiger partial charge on any atom is 0.202 e. The highest BCUT2D eigenvalue weighted by molar-refractivity contribution is 5.61. The smallest absolute Gasteiger partial charge is 0.202 e. The molecule has 0 amide bonds. The van der Waals surface area contributed by atoms with Crippen LogP contribution < -0.4 is 14.2 Å². The van der Waals surface area contributed by atoms with Crippen LogP contribution in [0.4, 0.5) is 0 Å². The molecular weight excluding hydrogens is 424 g/mol. The molecule has 1 aliphatic rings. The SMILES string of the molecule is COc1cc(OC)c2c(c1)C(c1ccccc1)(c1ccccc1)OC(CCc1ccccc1)O2. The van der Waals surface area contributed by atoms with Crippen molar-refractivity contribution in [3.8, 4) is 17.2 Å². The summed E-state index contributed by atoms with van der Waals surface area (Å²) in [6.07, 6.45) is 1.05. The predicted molar refractivity (Wildman–Crippen MR) is 133 cm³/mol. The van der Waals surface area contributed by atoms with Crippen LogP contribution in [-0.4, -0.2) is 20.5 Å². The molecule has 172 valence electrons. The quantitative estimate of drug-likeness (QED) is 0.327. The lowest BCUT2D eigenvalue weighted by molar-refractivity contribution is -0.166. The molecule has 0 saturated heterocycles. The molecule has 0 aromatic heterocycles. The molecule has 5 rings (SSSR count). The van der Waals surface area contributed by atoms with Crippen LogP contribution in [0.5, 0.6) is 17.2 Å². The van der Waals surface area contributed by atoms with Gasteiger partial charge >= 0.3 is 0 Å². The lowest BCUT2D eigenvalue weighted by atomic mass is 9.78. The second-order valence-electron chi connectivity index (χ2n) is 8.31. The fourth-order valence-electron chi connectivity index (χ4n) is 4.65. The summed E-state index contributed by atoms with van der Waals surface area (Å²) in [4.78, 5) is 0. The minimum atomic E-state index is -0.890. The zero-order chi connectivity index (χ0) is 23.4. The number of ether oxygens (including phenoxy) is 4. The first-order valence-corrected chi connectivity index (χ1v) is 11.5. The molecule has 0 fully saturated rings. The van der Waals surface area contributed by atoms with E-state index in [0.717, 1.165) is 23.1 Å². The zero-order valence-corrected chi connectivity index (χ0v) is 19.4. The Hall–Kier alpha value is -3.76. The van der Waals surface area contributed by atoms with E-state index in [-0.39, 0.29) is 0 Å². The molecule has 1 unspecified atom stereocenters. The van der Waals surface area contributed by atoms with Crippen LogP contribution in [-0.2, 0) is 16.8 Å². The second kappa shape index (κ2) is 9.62. The van der Waals surface area contributed by atoms with Crippen LogP contribution >= 0.6 is 0 Å². The van der Waals surface area contributed by atoms with E-state index in [1.165, 1.54) is 5.56 Å². The average Bonchev–Trinajstić information content (AvgIpc) is 2.92. The van der Waals surface area contributed by atoms with Crippen molar-refractivity contribution in [1.82, 2.24) is 0 Å². The Balaban J connectivity index is 1.70. The van der Waals surface area contributed by atoms with Crippen molar-refractivity contribution >= 4 is 0 Å². The van der Waals surface area contributed by atoms with Gasteiger partial charge < -0.3 is 18.9 Å². The number of benzene rings is 4. The molecule has 4 aromatic rings. The van der Waals surface area contributed by atoms with Crippen molar-refractivity contribution in [3.63, 3.8) is 0 Å². The maximum absolute atomic E-state index is 6.96. The Morgan fingerprint density at radius 2 is 1.32 bits per heavy atom. The minimum Gasteiger partial charge on any atom is -0.497 e. The van der Waals surface area contributed by atoms with E-state index in [1.807, 2.05) is 54.6 Å². The topological polar surface area (TPSA) is 36.9 Å². The summed E-state index contributed by atoms with van der Waals surface area (Å²) in [5, 5.41) is 0. The summed E-state index contributed by atoms with van der Waals surface area (Å²) in [5.41, 5.74) is 3.25. The van der Waals surface area contributed by atoms with Crippen molar-refractivity contribution in [2.45, 2.75) is 24.7 Å². The van der Waals surface area contributed by atoms with Gasteiger partial charge in [-0.05, 0) is 29.2 Å². The van der Waals surface area contributed by atoms with Crippen molar-refractivity contribution in [1.29, 1.82) is 0 Å². The van der Waals surface area contributed by atoms with Crippen molar-refractivity contribution < 1.29 is 18.9 Å². The van der Waals surface area contributed by atoms with Crippen molar-refractivity contribution in [3.05, 3.63) is 125 Å². The van der Waals surface area contributed by atoms with Gasteiger partial charge in [-0.15, -0.1) is 0 Å². The molecule has 0 saturated carbocycles. The van der Waals surface area contributed by atoms with Gasteiger partial charge in [0.05, 0.1) is 14.2 Å². The molecule has 0 aliphatic carbocycles. The number of fused-ring (bicyclic) bond motifs is 1. The summed E-state index contributed by atoms with van der Waals surface area (Å²) in [7, 11) is 3.31. The molecule has 1 aliphatic heterocycles. The summed E-state index contributed by atoms with van der Waals surface area (Å²) in [6.45, 7) is 0. The molecule has 0 radical (unpaired) electrons. The molecule has 34 heavy (non-hydrogen) atoms. The number of hydrogen-bond donors (Lipinski definition) is 0. The lowest BCUT2D eigenvalue weighted by Gasteiger charge is -2.44. The zero-order valence-electron chi connectivity index (χ0n) is 19.4. The fourth-order valence-corrected chi connectivity index (χ4v) is 4.65. The summed E-state index contributed by atoms with van der Waals surface area (Å²) in [5.74, 6) is 1.99. The number of rotatable bonds is 7. The molecule has 4 heteroatoms. The average molecular weight is 453 g/mol. The molecule has 0 bridgehead atoms. The summed E-state index contributed by atoms with van der Waals surface area (Å²) < 4.78 is 24.8. The Morgan fingerprint density at radius 3 is 1.88 bits per heavy atom. The Bertz CT molecular complexity index is 1180. The Labute approximate surface area is 200 Å². The van der Waals surface area contributed by atoms with Crippen LogP contribution in [0, 0.1) is 0 Å². The van der Waals surface area contributed by atoms with E-state index in [1.54, 1.807) is 14.2 Å². The number of aryl methyl sites for hydroxylation is 1. The summed E-state index contributed by atoms with van der Waals surface area (Å²) in [6, 6.07) is 34.8. The third-order valence-electron chi connectivity index (χ3n) is 6.29. The molecule has 4 aromatic carbocycles. The molecule has 1 atom stereocenters. The third-order valence-corrected chi connectivity index (χ3v) is 6.29. The minimum absolute atomic E-state index is 0.476. The van der Waals surface area contributed by atoms with Gasteiger partial charge in [0, 0.05) is 18.1 Å². The van der Waals surface area contributed by atoms with Gasteiger partial charge in [0.1, 0.15) is 5.75 Å². The Kier molecular flexibility index (Phi) is 6.24. The number of methoxy groups -OCH3 is 2. The van der Waals surface area contributed by atoms with Crippen LogP contribution in [0.25, 0.3) is 0 Å². The van der Waals surface area contributed by atoms with Crippen LogP contribution in [0.3, 0.4) is 0 Å². The van der Waals surface area contributed by atoms with Gasteiger partial charge in [0.2, 0.25) is 6.29 Å². The highest BCUT2D eigenvalue weighted by atomic mass is 16.7. The molecule has 1 heterocycles. The van der Waals surface area contributed by atoms with Gasteiger partial charge in [-0.1, -0.05) is 91.0 Å². The Morgan fingerprint density at radius 1 is 0.735 bits per heavy atom. The first-order chi connectivity index (χ1) is 16.7. The highest BCUT2D eigenvalue weighted by Gasteiger charge is 2.47. The van der Waals surface area contributed by atoms with Gasteiger partial charge in [0.25, 0.3) is 0 Å². The standard InChI is InChI=1S/C30H28O4/c1-31-25-20-26-29(27(21-25)32-2)33-28(19-18-22-12-6-3-7-13-22)34-30(26,23-14-8-4-9-15-23)24-16-10-5-11-17-24/h3-17,20-21,28H,18-19H2,1-2H3. The highest BCUT2D eigenvalue weighted by Crippen LogP contribution is 2.53. The van der Waals surface area contributed by atoms with Crippen molar-refractivity contribution in [2.75, 3.05) is 14.2 Å². The molecule has 0 spiro atoms. The summed E-state index contributed by atoms with van der Waals surface area (Å²) >= 11 is 0. The van der Waals surface area contributed by atoms with Gasteiger partial charge in [0.15, 0.2) is 17.1 Å².